The molecule has 0 atom stereocenters. The number of nitrogens with zero attached hydrogens (tertiary/aromatic N) is 4. The lowest BCUT2D eigenvalue weighted by atomic mass is 10.0. The van der Waals surface area contributed by atoms with Gasteiger partial charge in [-0.2, -0.15) is 0 Å². The van der Waals surface area contributed by atoms with Crippen molar-refractivity contribution in [2.24, 2.45) is 0 Å². The Kier molecular flexibility index (Phi) is 4.34. The van der Waals surface area contributed by atoms with Gasteiger partial charge >= 0.3 is 0 Å². The van der Waals surface area contributed by atoms with Crippen LogP contribution in [0.3, 0.4) is 0 Å². The second-order valence-corrected chi connectivity index (χ2v) is 6.67. The summed E-state index contributed by atoms with van der Waals surface area (Å²) < 4.78 is 0. The first kappa shape index (κ1) is 16.6. The fraction of sp³-hybridized carbons (Fsp3) is 0.294. The van der Waals surface area contributed by atoms with Crippen LogP contribution in [0.2, 0.25) is 5.02 Å². The van der Waals surface area contributed by atoms with E-state index in [9.17, 15) is 4.79 Å². The summed E-state index contributed by atoms with van der Waals surface area (Å²) >= 11 is 6.26. The van der Waals surface area contributed by atoms with Gasteiger partial charge in [-0.05, 0) is 25.0 Å². The number of amides is 1. The molecule has 4 N–H and O–H groups in total. The van der Waals surface area contributed by atoms with Gasteiger partial charge in [-0.1, -0.05) is 11.6 Å². The van der Waals surface area contributed by atoms with Gasteiger partial charge in [-0.15, -0.1) is 0 Å². The van der Waals surface area contributed by atoms with E-state index in [1.807, 2.05) is 0 Å². The van der Waals surface area contributed by atoms with Crippen molar-refractivity contribution in [3.05, 3.63) is 41.4 Å². The minimum absolute atomic E-state index is 0.104. The van der Waals surface area contributed by atoms with Crippen molar-refractivity contribution >= 4 is 40.2 Å². The highest BCUT2D eigenvalue weighted by atomic mass is 35.5. The van der Waals surface area contributed by atoms with Crippen molar-refractivity contribution in [1.29, 1.82) is 0 Å². The van der Waals surface area contributed by atoms with Crippen molar-refractivity contribution in [2.75, 3.05) is 23.7 Å². The van der Waals surface area contributed by atoms with E-state index in [-0.39, 0.29) is 11.9 Å². The highest BCUT2D eigenvalue weighted by Crippen LogP contribution is 2.31. The monoisotopic (exact) mass is 371 g/mol. The average molecular weight is 372 g/mol. The van der Waals surface area contributed by atoms with Crippen LogP contribution in [-0.2, 0) is 0 Å². The summed E-state index contributed by atoms with van der Waals surface area (Å²) in [5.41, 5.74) is 6.89. The molecular weight excluding hydrogens is 354 g/mol. The number of aromatic amines is 1. The van der Waals surface area contributed by atoms with Gasteiger partial charge in [0.25, 0.3) is 5.91 Å². The molecule has 26 heavy (non-hydrogen) atoms. The summed E-state index contributed by atoms with van der Waals surface area (Å²) in [6, 6.07) is 3.34. The highest BCUT2D eigenvalue weighted by molar-refractivity contribution is 6.36. The number of rotatable bonds is 3. The fourth-order valence-corrected chi connectivity index (χ4v) is 3.47. The third-order valence-corrected chi connectivity index (χ3v) is 4.87. The van der Waals surface area contributed by atoms with Gasteiger partial charge in [0.2, 0.25) is 0 Å². The van der Waals surface area contributed by atoms with Gasteiger partial charge < -0.3 is 20.9 Å². The summed E-state index contributed by atoms with van der Waals surface area (Å²) in [4.78, 5) is 30.1. The summed E-state index contributed by atoms with van der Waals surface area (Å²) in [7, 11) is 0. The maximum atomic E-state index is 12.4. The lowest BCUT2D eigenvalue weighted by molar-refractivity contribution is 0.0931. The van der Waals surface area contributed by atoms with Crippen LogP contribution in [0, 0.1) is 0 Å². The molecule has 9 heteroatoms. The minimum Gasteiger partial charge on any atom is -0.384 e. The SMILES string of the molecule is Nc1cc(C(=O)NC2CCN(c3ncnc4[nH]cc(Cl)c34)CC2)ccn1. The molecule has 3 aromatic heterocycles. The number of aromatic nitrogens is 4. The molecule has 0 unspecified atom stereocenters. The van der Waals surface area contributed by atoms with E-state index in [4.69, 9.17) is 17.3 Å². The molecule has 1 aliphatic rings. The summed E-state index contributed by atoms with van der Waals surface area (Å²) in [5, 5.41) is 4.51. The third kappa shape index (κ3) is 3.15. The number of hydrogen-bond acceptors (Lipinski definition) is 6. The smallest absolute Gasteiger partial charge is 0.251 e. The van der Waals surface area contributed by atoms with Gasteiger partial charge in [0.1, 0.15) is 23.6 Å². The standard InChI is InChI=1S/C17H18ClN7O/c18-12-8-21-15-14(12)16(23-9-22-15)25-5-2-11(3-6-25)24-17(26)10-1-4-20-13(19)7-10/h1,4,7-9,11H,2-3,5-6H2,(H2,19,20)(H,24,26)(H,21,22,23). The van der Waals surface area contributed by atoms with E-state index < -0.39 is 0 Å². The lowest BCUT2D eigenvalue weighted by Gasteiger charge is -2.33. The van der Waals surface area contributed by atoms with Crippen LogP contribution >= 0.6 is 11.6 Å². The minimum atomic E-state index is -0.129. The van der Waals surface area contributed by atoms with Gasteiger partial charge in [0.15, 0.2) is 0 Å². The summed E-state index contributed by atoms with van der Waals surface area (Å²) in [6.45, 7) is 1.55. The first-order valence-electron chi connectivity index (χ1n) is 8.37. The number of halogens is 1. The molecule has 3 aromatic rings. The number of fused-ring (bicyclic) bond motifs is 1. The maximum Gasteiger partial charge on any atom is 0.251 e. The molecule has 0 aromatic carbocycles. The molecule has 0 aliphatic carbocycles. The van der Waals surface area contributed by atoms with Crippen molar-refractivity contribution in [3.63, 3.8) is 0 Å². The van der Waals surface area contributed by atoms with Gasteiger partial charge in [-0.25, -0.2) is 15.0 Å². The van der Waals surface area contributed by atoms with E-state index in [0.29, 0.717) is 16.4 Å². The molecule has 4 rings (SSSR count). The molecule has 1 fully saturated rings. The Hall–Kier alpha value is -2.87. The number of carbonyl (C=O) groups excluding carboxylic acids is 1. The van der Waals surface area contributed by atoms with Gasteiger partial charge in [0, 0.05) is 37.1 Å². The highest BCUT2D eigenvalue weighted by Gasteiger charge is 2.24. The van der Waals surface area contributed by atoms with Crippen molar-refractivity contribution in [3.8, 4) is 0 Å². The first-order chi connectivity index (χ1) is 12.6. The Morgan fingerprint density at radius 2 is 2.12 bits per heavy atom. The number of piperidine rings is 1. The van der Waals surface area contributed by atoms with Crippen LogP contribution in [-0.4, -0.2) is 45.0 Å². The largest absolute Gasteiger partial charge is 0.384 e. The summed E-state index contributed by atoms with van der Waals surface area (Å²) in [6.07, 6.45) is 6.43. The van der Waals surface area contributed by atoms with Gasteiger partial charge in [0.05, 0.1) is 10.4 Å². The topological polar surface area (TPSA) is 113 Å². The number of pyridine rings is 1. The van der Waals surface area contributed by atoms with Crippen LogP contribution < -0.4 is 16.0 Å². The molecule has 1 saturated heterocycles. The molecule has 134 valence electrons. The van der Waals surface area contributed by atoms with Crippen LogP contribution in [0.5, 0.6) is 0 Å². The number of hydrogen-bond donors (Lipinski definition) is 3. The number of H-pyrrole nitrogens is 1. The zero-order valence-electron chi connectivity index (χ0n) is 13.9. The van der Waals surface area contributed by atoms with Crippen molar-refractivity contribution < 1.29 is 4.79 Å². The average Bonchev–Trinajstić information content (AvgIpc) is 3.04. The molecule has 1 aliphatic heterocycles. The molecule has 0 saturated carbocycles. The van der Waals surface area contributed by atoms with Crippen LogP contribution in [0.15, 0.2) is 30.9 Å². The van der Waals surface area contributed by atoms with E-state index in [0.717, 1.165) is 42.8 Å². The molecule has 4 heterocycles. The maximum absolute atomic E-state index is 12.4. The van der Waals surface area contributed by atoms with Crippen LogP contribution in [0.4, 0.5) is 11.6 Å². The predicted molar refractivity (Wildman–Crippen MR) is 100 cm³/mol. The van der Waals surface area contributed by atoms with Gasteiger partial charge in [-0.3, -0.25) is 4.79 Å². The lowest BCUT2D eigenvalue weighted by Crippen LogP contribution is -2.45. The zero-order valence-corrected chi connectivity index (χ0v) is 14.7. The number of nitrogen functional groups attached to an aromatic ring is 1. The number of nitrogens with one attached hydrogen (secondary N) is 2. The quantitative estimate of drug-likeness (QED) is 0.649. The van der Waals surface area contributed by atoms with E-state index in [1.165, 1.54) is 12.5 Å². The van der Waals surface area contributed by atoms with Crippen molar-refractivity contribution in [1.82, 2.24) is 25.3 Å². The predicted octanol–water partition coefficient (Wildman–Crippen LogP) is 1.99. The molecule has 1 amide bonds. The third-order valence-electron chi connectivity index (χ3n) is 4.57. The van der Waals surface area contributed by atoms with E-state index in [2.05, 4.69) is 30.2 Å². The van der Waals surface area contributed by atoms with E-state index in [1.54, 1.807) is 18.3 Å². The number of carbonyl (C=O) groups is 1. The van der Waals surface area contributed by atoms with E-state index >= 15 is 0 Å². The van der Waals surface area contributed by atoms with Crippen LogP contribution in [0.1, 0.15) is 23.2 Å². The Balaban J connectivity index is 1.42. The summed E-state index contributed by atoms with van der Waals surface area (Å²) in [5.74, 6) is 1.03. The van der Waals surface area contributed by atoms with Crippen molar-refractivity contribution in [2.45, 2.75) is 18.9 Å². The molecule has 8 nitrogen and oxygen atoms in total. The molecule has 0 radical (unpaired) electrons. The number of nitrogens with two attached hydrogens (primary N) is 1. The Morgan fingerprint density at radius 1 is 1.31 bits per heavy atom. The molecule has 0 bridgehead atoms. The normalized spacial score (nSPS) is 15.3. The second-order valence-electron chi connectivity index (χ2n) is 6.26. The zero-order chi connectivity index (χ0) is 18.1. The Morgan fingerprint density at radius 3 is 2.88 bits per heavy atom. The molecular formula is C17H18ClN7O. The fourth-order valence-electron chi connectivity index (χ4n) is 3.24. The Bertz CT molecular complexity index is 949. The Labute approximate surface area is 154 Å². The van der Waals surface area contributed by atoms with Crippen LogP contribution in [0.25, 0.3) is 11.0 Å². The number of anilines is 2. The second kappa shape index (κ2) is 6.80. The molecule has 0 spiro atoms. The first-order valence-corrected chi connectivity index (χ1v) is 8.74.